The first-order valence-electron chi connectivity index (χ1n) is 14.0. The van der Waals surface area contributed by atoms with Crippen molar-refractivity contribution in [2.45, 2.75) is 45.1 Å². The number of amides is 2. The van der Waals surface area contributed by atoms with Gasteiger partial charge < -0.3 is 15.5 Å². The number of benzene rings is 3. The molecule has 2 atom stereocenters. The van der Waals surface area contributed by atoms with E-state index in [1.54, 1.807) is 42.2 Å². The van der Waals surface area contributed by atoms with Gasteiger partial charge in [0.05, 0.1) is 39.6 Å². The van der Waals surface area contributed by atoms with E-state index >= 15 is 0 Å². The summed E-state index contributed by atoms with van der Waals surface area (Å²) >= 11 is 12.2. The van der Waals surface area contributed by atoms with Crippen molar-refractivity contribution in [3.63, 3.8) is 0 Å². The summed E-state index contributed by atoms with van der Waals surface area (Å²) in [6.07, 6.45) is -4.26. The first-order valence-corrected chi connectivity index (χ1v) is 14.7. The molecule has 1 aliphatic rings. The van der Waals surface area contributed by atoms with Crippen molar-refractivity contribution in [1.29, 1.82) is 0 Å². The lowest BCUT2D eigenvalue weighted by Crippen LogP contribution is -2.46. The Morgan fingerprint density at radius 2 is 1.62 bits per heavy atom. The zero-order chi connectivity index (χ0) is 32.6. The second kappa shape index (κ2) is 12.6. The Balaban J connectivity index is 1.56. The maximum absolute atomic E-state index is 14.1. The average molecular weight is 659 g/mol. The van der Waals surface area contributed by atoms with Gasteiger partial charge in [-0.05, 0) is 80.4 Å². The number of nitrogens with zero attached hydrogens (tertiary/aromatic N) is 3. The number of hydrogen-bond donors (Lipinski definition) is 2. The van der Waals surface area contributed by atoms with Crippen LogP contribution in [-0.2, 0) is 19.1 Å². The summed E-state index contributed by atoms with van der Waals surface area (Å²) in [5.41, 5.74) is 1.32. The molecular formula is C32H28Cl2F3N5O3. The number of carbonyl (C=O) groups excluding carboxylic acids is 2. The highest BCUT2D eigenvalue weighted by molar-refractivity contribution is 6.42. The third-order valence-corrected chi connectivity index (χ3v) is 8.48. The molecule has 5 rings (SSSR count). The second-order valence-corrected chi connectivity index (χ2v) is 11.5. The van der Waals surface area contributed by atoms with Crippen LogP contribution in [0.1, 0.15) is 63.0 Å². The van der Waals surface area contributed by atoms with E-state index in [1.165, 1.54) is 35.9 Å². The standard InChI is InChI=1S/C32H28Cl2F3N5O3/c1-17-14-24-27(16-41(17)29(44)21-8-13-25(33)26(34)15-21)40-31(39-18(2)19-4-9-22(10-5-19)32(35,36)37)42(30(24)45)23-11-6-20(7-12-23)28(43)38-3/h4-13,15,17-18H,14,16H2,1-3H3,(H,38,43)(H,39,40)/t17-,18+/m1/s1. The fraction of sp³-hybridized carbons (Fsp3) is 0.250. The molecule has 0 bridgehead atoms. The van der Waals surface area contributed by atoms with Crippen molar-refractivity contribution in [3.8, 4) is 5.69 Å². The Hall–Kier alpha value is -4.35. The number of alkyl halides is 3. The number of hydrogen-bond acceptors (Lipinski definition) is 5. The highest BCUT2D eigenvalue weighted by Gasteiger charge is 2.33. The van der Waals surface area contributed by atoms with Gasteiger partial charge in [0, 0.05) is 29.8 Å². The molecule has 0 unspecified atom stereocenters. The molecule has 1 aliphatic heterocycles. The van der Waals surface area contributed by atoms with Crippen LogP contribution in [0.25, 0.3) is 5.69 Å². The summed E-state index contributed by atoms with van der Waals surface area (Å²) in [7, 11) is 1.51. The van der Waals surface area contributed by atoms with Crippen LogP contribution >= 0.6 is 23.2 Å². The lowest BCUT2D eigenvalue weighted by molar-refractivity contribution is -0.137. The van der Waals surface area contributed by atoms with E-state index in [0.717, 1.165) is 12.1 Å². The summed E-state index contributed by atoms with van der Waals surface area (Å²) in [5, 5.41) is 6.28. The number of carbonyl (C=O) groups is 2. The summed E-state index contributed by atoms with van der Waals surface area (Å²) < 4.78 is 40.8. The highest BCUT2D eigenvalue weighted by Crippen LogP contribution is 2.31. The van der Waals surface area contributed by atoms with Crippen molar-refractivity contribution in [2.75, 3.05) is 12.4 Å². The normalized spacial score (nSPS) is 15.3. The van der Waals surface area contributed by atoms with Crippen LogP contribution in [0.15, 0.2) is 71.5 Å². The van der Waals surface area contributed by atoms with E-state index in [4.69, 9.17) is 28.2 Å². The van der Waals surface area contributed by atoms with E-state index in [-0.39, 0.29) is 47.4 Å². The van der Waals surface area contributed by atoms with Crippen LogP contribution in [0, 0.1) is 0 Å². The van der Waals surface area contributed by atoms with Gasteiger partial charge in [-0.3, -0.25) is 14.4 Å². The molecule has 0 fully saturated rings. The fourth-order valence-electron chi connectivity index (χ4n) is 5.21. The summed E-state index contributed by atoms with van der Waals surface area (Å²) in [6.45, 7) is 3.60. The van der Waals surface area contributed by atoms with Gasteiger partial charge >= 0.3 is 6.18 Å². The SMILES string of the molecule is CNC(=O)c1ccc(-n2c(N[C@@H](C)c3ccc(C(F)(F)F)cc3)nc3c(c2=O)C[C@@H](C)N(C(=O)c2ccc(Cl)c(Cl)c2)C3)cc1. The van der Waals surface area contributed by atoms with Crippen LogP contribution in [0.3, 0.4) is 0 Å². The molecule has 3 aromatic carbocycles. The number of rotatable bonds is 6. The molecule has 0 saturated heterocycles. The van der Waals surface area contributed by atoms with Crippen molar-refractivity contribution in [3.05, 3.63) is 121 Å². The molecule has 1 aromatic heterocycles. The van der Waals surface area contributed by atoms with E-state index in [9.17, 15) is 27.6 Å². The minimum absolute atomic E-state index is 0.0323. The Kier molecular flexibility index (Phi) is 8.95. The molecule has 2 amide bonds. The van der Waals surface area contributed by atoms with Crippen LogP contribution < -0.4 is 16.2 Å². The zero-order valence-corrected chi connectivity index (χ0v) is 25.9. The Labute approximate surface area is 266 Å². The third-order valence-electron chi connectivity index (χ3n) is 7.74. The minimum atomic E-state index is -4.48. The molecular weight excluding hydrogens is 630 g/mol. The maximum Gasteiger partial charge on any atom is 0.416 e. The number of halogens is 5. The molecule has 0 saturated carbocycles. The second-order valence-electron chi connectivity index (χ2n) is 10.7. The van der Waals surface area contributed by atoms with Crippen molar-refractivity contribution < 1.29 is 22.8 Å². The molecule has 2 N–H and O–H groups in total. The number of aromatic nitrogens is 2. The molecule has 4 aromatic rings. The molecule has 45 heavy (non-hydrogen) atoms. The topological polar surface area (TPSA) is 96.3 Å². The molecule has 0 spiro atoms. The van der Waals surface area contributed by atoms with E-state index in [0.29, 0.717) is 38.7 Å². The smallest absolute Gasteiger partial charge is 0.355 e. The van der Waals surface area contributed by atoms with Gasteiger partial charge in [0.15, 0.2) is 0 Å². The number of nitrogens with one attached hydrogen (secondary N) is 2. The van der Waals surface area contributed by atoms with Gasteiger partial charge in [0.2, 0.25) is 5.95 Å². The van der Waals surface area contributed by atoms with Gasteiger partial charge in [-0.2, -0.15) is 13.2 Å². The summed E-state index contributed by atoms with van der Waals surface area (Å²) in [5.74, 6) is -0.488. The maximum atomic E-state index is 14.1. The molecule has 8 nitrogen and oxygen atoms in total. The highest BCUT2D eigenvalue weighted by atomic mass is 35.5. The molecule has 13 heteroatoms. The fourth-order valence-corrected chi connectivity index (χ4v) is 5.50. The van der Waals surface area contributed by atoms with Gasteiger partial charge in [0.25, 0.3) is 17.4 Å². The van der Waals surface area contributed by atoms with Crippen LogP contribution in [0.2, 0.25) is 10.0 Å². The van der Waals surface area contributed by atoms with E-state index in [2.05, 4.69) is 10.6 Å². The van der Waals surface area contributed by atoms with Gasteiger partial charge in [-0.15, -0.1) is 0 Å². The molecule has 0 aliphatic carbocycles. The van der Waals surface area contributed by atoms with Crippen LogP contribution in [0.5, 0.6) is 0 Å². The number of fused-ring (bicyclic) bond motifs is 1. The third kappa shape index (κ3) is 6.55. The first-order chi connectivity index (χ1) is 21.3. The average Bonchev–Trinajstić information content (AvgIpc) is 3.01. The Morgan fingerprint density at radius 1 is 0.978 bits per heavy atom. The van der Waals surface area contributed by atoms with E-state index in [1.807, 2.05) is 6.92 Å². The van der Waals surface area contributed by atoms with E-state index < -0.39 is 17.8 Å². The van der Waals surface area contributed by atoms with Crippen LogP contribution in [0.4, 0.5) is 19.1 Å². The predicted molar refractivity (Wildman–Crippen MR) is 166 cm³/mol. The summed E-state index contributed by atoms with van der Waals surface area (Å²) in [6, 6.07) is 14.8. The largest absolute Gasteiger partial charge is 0.416 e. The molecule has 0 radical (unpaired) electrons. The Bertz CT molecular complexity index is 1830. The molecule has 234 valence electrons. The van der Waals surface area contributed by atoms with Gasteiger partial charge in [-0.1, -0.05) is 35.3 Å². The predicted octanol–water partition coefficient (Wildman–Crippen LogP) is 6.68. The van der Waals surface area contributed by atoms with Crippen LogP contribution in [-0.4, -0.2) is 39.4 Å². The van der Waals surface area contributed by atoms with Crippen molar-refractivity contribution >= 4 is 41.0 Å². The quantitative estimate of drug-likeness (QED) is 0.241. The van der Waals surface area contributed by atoms with Crippen molar-refractivity contribution in [2.24, 2.45) is 0 Å². The molecule has 2 heterocycles. The summed E-state index contributed by atoms with van der Waals surface area (Å²) in [4.78, 5) is 46.1. The van der Waals surface area contributed by atoms with Crippen molar-refractivity contribution in [1.82, 2.24) is 19.8 Å². The van der Waals surface area contributed by atoms with Gasteiger partial charge in [-0.25, -0.2) is 9.55 Å². The minimum Gasteiger partial charge on any atom is -0.355 e. The monoisotopic (exact) mass is 657 g/mol. The first kappa shape index (κ1) is 32.1. The lowest BCUT2D eigenvalue weighted by Gasteiger charge is -2.35. The lowest BCUT2D eigenvalue weighted by atomic mass is 9.98. The number of anilines is 1. The van der Waals surface area contributed by atoms with Gasteiger partial charge in [0.1, 0.15) is 0 Å². The Morgan fingerprint density at radius 3 is 2.22 bits per heavy atom. The zero-order valence-electron chi connectivity index (χ0n) is 24.4.